The Morgan fingerprint density at radius 3 is 2.85 bits per heavy atom. The Hall–Kier alpha value is -2.14. The number of ether oxygens (including phenoxy) is 1. The fraction of sp³-hybridized carbons (Fsp3) is 0.133. The predicted molar refractivity (Wildman–Crippen MR) is 80.6 cm³/mol. The zero-order chi connectivity index (χ0) is 14.1. The molecule has 1 N–H and O–H groups in total. The molecule has 0 saturated carbocycles. The van der Waals surface area contributed by atoms with Crippen LogP contribution in [0.2, 0.25) is 0 Å². The van der Waals surface area contributed by atoms with Gasteiger partial charge in [0, 0.05) is 11.8 Å². The SMILES string of the molecule is COc1cc(Nc2nc3ccc(C)cc3s2)ccc1F. The van der Waals surface area contributed by atoms with E-state index >= 15 is 0 Å². The molecular formula is C15H13FN2OS. The lowest BCUT2D eigenvalue weighted by Crippen LogP contribution is -1.92. The van der Waals surface area contributed by atoms with E-state index in [2.05, 4.69) is 23.3 Å². The summed E-state index contributed by atoms with van der Waals surface area (Å²) in [4.78, 5) is 4.50. The van der Waals surface area contributed by atoms with E-state index in [-0.39, 0.29) is 11.6 Å². The highest BCUT2D eigenvalue weighted by molar-refractivity contribution is 7.22. The van der Waals surface area contributed by atoms with Crippen LogP contribution in [-0.2, 0) is 0 Å². The highest BCUT2D eigenvalue weighted by Gasteiger charge is 2.07. The summed E-state index contributed by atoms with van der Waals surface area (Å²) in [6.07, 6.45) is 0. The number of hydrogen-bond acceptors (Lipinski definition) is 4. The van der Waals surface area contributed by atoms with Gasteiger partial charge in [-0.3, -0.25) is 0 Å². The second-order valence-electron chi connectivity index (χ2n) is 4.46. The van der Waals surface area contributed by atoms with Crippen LogP contribution in [0.25, 0.3) is 10.2 Å². The number of aromatic nitrogens is 1. The highest BCUT2D eigenvalue weighted by atomic mass is 32.1. The van der Waals surface area contributed by atoms with Crippen LogP contribution in [0.5, 0.6) is 5.75 Å². The first-order valence-corrected chi connectivity index (χ1v) is 6.95. The number of nitrogens with zero attached hydrogens (tertiary/aromatic N) is 1. The number of thiazole rings is 1. The van der Waals surface area contributed by atoms with E-state index in [0.29, 0.717) is 0 Å². The van der Waals surface area contributed by atoms with E-state index in [4.69, 9.17) is 4.74 Å². The molecule has 1 aromatic heterocycles. The van der Waals surface area contributed by atoms with Crippen LogP contribution in [-0.4, -0.2) is 12.1 Å². The van der Waals surface area contributed by atoms with E-state index in [9.17, 15) is 4.39 Å². The van der Waals surface area contributed by atoms with Crippen molar-refractivity contribution in [3.63, 3.8) is 0 Å². The van der Waals surface area contributed by atoms with E-state index in [1.54, 1.807) is 23.5 Å². The summed E-state index contributed by atoms with van der Waals surface area (Å²) in [5.74, 6) is -0.162. The molecule has 3 nitrogen and oxygen atoms in total. The van der Waals surface area contributed by atoms with Gasteiger partial charge in [-0.1, -0.05) is 17.4 Å². The van der Waals surface area contributed by atoms with E-state index < -0.39 is 0 Å². The second kappa shape index (κ2) is 5.09. The number of benzene rings is 2. The Labute approximate surface area is 120 Å². The predicted octanol–water partition coefficient (Wildman–Crippen LogP) is 4.50. The van der Waals surface area contributed by atoms with Gasteiger partial charge in [-0.25, -0.2) is 9.37 Å². The molecule has 102 valence electrons. The van der Waals surface area contributed by atoms with E-state index in [0.717, 1.165) is 21.0 Å². The Morgan fingerprint density at radius 1 is 1.20 bits per heavy atom. The molecule has 2 aromatic carbocycles. The third kappa shape index (κ3) is 2.44. The molecule has 0 aliphatic rings. The summed E-state index contributed by atoms with van der Waals surface area (Å²) in [5, 5.41) is 3.95. The first kappa shape index (κ1) is 12.9. The molecule has 0 spiro atoms. The number of rotatable bonds is 3. The molecule has 20 heavy (non-hydrogen) atoms. The monoisotopic (exact) mass is 288 g/mol. The maximum absolute atomic E-state index is 13.4. The molecule has 0 bridgehead atoms. The molecule has 0 fully saturated rings. The van der Waals surface area contributed by atoms with Crippen molar-refractivity contribution in [3.8, 4) is 5.75 Å². The maximum Gasteiger partial charge on any atom is 0.188 e. The van der Waals surface area contributed by atoms with Crippen molar-refractivity contribution in [1.82, 2.24) is 4.98 Å². The number of methoxy groups -OCH3 is 1. The number of fused-ring (bicyclic) bond motifs is 1. The average Bonchev–Trinajstić information content (AvgIpc) is 2.82. The molecule has 0 radical (unpaired) electrons. The van der Waals surface area contributed by atoms with Gasteiger partial charge in [-0.15, -0.1) is 0 Å². The molecule has 0 aliphatic heterocycles. The van der Waals surface area contributed by atoms with Crippen molar-refractivity contribution in [2.24, 2.45) is 0 Å². The average molecular weight is 288 g/mol. The molecule has 3 rings (SSSR count). The van der Waals surface area contributed by atoms with Gasteiger partial charge in [0.25, 0.3) is 0 Å². The Kier molecular flexibility index (Phi) is 3.28. The summed E-state index contributed by atoms with van der Waals surface area (Å²) < 4.78 is 19.4. The smallest absolute Gasteiger partial charge is 0.188 e. The van der Waals surface area contributed by atoms with Crippen molar-refractivity contribution < 1.29 is 9.13 Å². The van der Waals surface area contributed by atoms with Gasteiger partial charge in [0.1, 0.15) is 0 Å². The van der Waals surface area contributed by atoms with Crippen molar-refractivity contribution in [2.75, 3.05) is 12.4 Å². The molecular weight excluding hydrogens is 275 g/mol. The summed E-state index contributed by atoms with van der Waals surface area (Å²) >= 11 is 1.57. The van der Waals surface area contributed by atoms with Gasteiger partial charge in [0.15, 0.2) is 16.7 Å². The van der Waals surface area contributed by atoms with Gasteiger partial charge < -0.3 is 10.1 Å². The second-order valence-corrected chi connectivity index (χ2v) is 5.50. The molecule has 1 heterocycles. The summed E-state index contributed by atoms with van der Waals surface area (Å²) in [5.41, 5.74) is 2.91. The molecule has 3 aromatic rings. The zero-order valence-corrected chi connectivity index (χ0v) is 11.9. The molecule has 0 unspecified atom stereocenters. The van der Waals surface area contributed by atoms with Crippen molar-refractivity contribution in [3.05, 3.63) is 47.8 Å². The standard InChI is InChI=1S/C15H13FN2OS/c1-9-3-6-12-14(7-9)20-15(18-12)17-10-4-5-11(16)13(8-10)19-2/h3-8H,1-2H3,(H,17,18). The van der Waals surface area contributed by atoms with E-state index in [1.807, 2.05) is 12.1 Å². The van der Waals surface area contributed by atoms with Crippen LogP contribution in [0, 0.1) is 12.7 Å². The van der Waals surface area contributed by atoms with Crippen LogP contribution in [0.4, 0.5) is 15.2 Å². The zero-order valence-electron chi connectivity index (χ0n) is 11.1. The molecule has 5 heteroatoms. The lowest BCUT2D eigenvalue weighted by molar-refractivity contribution is 0.387. The minimum atomic E-state index is -0.377. The lowest BCUT2D eigenvalue weighted by atomic mass is 10.2. The number of anilines is 2. The van der Waals surface area contributed by atoms with Crippen LogP contribution in [0.1, 0.15) is 5.56 Å². The third-order valence-corrected chi connectivity index (χ3v) is 3.88. The molecule has 0 atom stereocenters. The van der Waals surface area contributed by atoms with Gasteiger partial charge in [-0.05, 0) is 36.8 Å². The van der Waals surface area contributed by atoms with Crippen LogP contribution in [0.3, 0.4) is 0 Å². The molecule has 0 aliphatic carbocycles. The molecule has 0 amide bonds. The van der Waals surface area contributed by atoms with E-state index in [1.165, 1.54) is 18.7 Å². The van der Waals surface area contributed by atoms with Crippen molar-refractivity contribution in [2.45, 2.75) is 6.92 Å². The van der Waals surface area contributed by atoms with Gasteiger partial charge in [0.05, 0.1) is 17.3 Å². The van der Waals surface area contributed by atoms with Crippen LogP contribution >= 0.6 is 11.3 Å². The summed E-state index contributed by atoms with van der Waals surface area (Å²) in [7, 11) is 1.45. The Morgan fingerprint density at radius 2 is 2.05 bits per heavy atom. The third-order valence-electron chi connectivity index (χ3n) is 2.95. The first-order chi connectivity index (χ1) is 9.65. The fourth-order valence-electron chi connectivity index (χ4n) is 1.95. The first-order valence-electron chi connectivity index (χ1n) is 6.13. The van der Waals surface area contributed by atoms with Crippen LogP contribution < -0.4 is 10.1 Å². The number of hydrogen-bond donors (Lipinski definition) is 1. The topological polar surface area (TPSA) is 34.1 Å². The Balaban J connectivity index is 1.92. The normalized spacial score (nSPS) is 10.8. The summed E-state index contributed by atoms with van der Waals surface area (Å²) in [6.45, 7) is 2.05. The quantitative estimate of drug-likeness (QED) is 0.770. The maximum atomic E-state index is 13.4. The number of nitrogens with one attached hydrogen (secondary N) is 1. The lowest BCUT2D eigenvalue weighted by Gasteiger charge is -2.06. The number of halogens is 1. The van der Waals surface area contributed by atoms with Crippen LogP contribution in [0.15, 0.2) is 36.4 Å². The highest BCUT2D eigenvalue weighted by Crippen LogP contribution is 2.30. The van der Waals surface area contributed by atoms with Gasteiger partial charge in [-0.2, -0.15) is 0 Å². The van der Waals surface area contributed by atoms with Gasteiger partial charge >= 0.3 is 0 Å². The minimum Gasteiger partial charge on any atom is -0.494 e. The van der Waals surface area contributed by atoms with Crippen molar-refractivity contribution in [1.29, 1.82) is 0 Å². The fourth-order valence-corrected chi connectivity index (χ4v) is 2.93. The summed E-state index contributed by atoms with van der Waals surface area (Å²) in [6, 6.07) is 10.8. The van der Waals surface area contributed by atoms with Crippen molar-refractivity contribution >= 4 is 32.4 Å². The van der Waals surface area contributed by atoms with Gasteiger partial charge in [0.2, 0.25) is 0 Å². The largest absolute Gasteiger partial charge is 0.494 e. The number of aryl methyl sites for hydroxylation is 1. The minimum absolute atomic E-state index is 0.215. The Bertz CT molecular complexity index is 770. The molecule has 0 saturated heterocycles.